The van der Waals surface area contributed by atoms with E-state index in [1.54, 1.807) is 6.07 Å². The Kier molecular flexibility index (Phi) is 6.37. The zero-order valence-corrected chi connectivity index (χ0v) is 22.9. The van der Waals surface area contributed by atoms with Crippen molar-refractivity contribution in [2.75, 3.05) is 0 Å². The number of hydrogen-bond donors (Lipinski definition) is 0. The van der Waals surface area contributed by atoms with Gasteiger partial charge in [0.05, 0.1) is 0 Å². The summed E-state index contributed by atoms with van der Waals surface area (Å²) in [6, 6.07) is 17.9. The molecule has 0 spiro atoms. The number of pyridine rings is 1. The van der Waals surface area contributed by atoms with E-state index in [0.29, 0.717) is 11.3 Å². The van der Waals surface area contributed by atoms with Gasteiger partial charge >= 0.3 is 201 Å². The van der Waals surface area contributed by atoms with Crippen molar-refractivity contribution in [3.8, 4) is 22.4 Å². The van der Waals surface area contributed by atoms with Gasteiger partial charge in [0.1, 0.15) is 0 Å². The van der Waals surface area contributed by atoms with Gasteiger partial charge in [-0.3, -0.25) is 0 Å². The summed E-state index contributed by atoms with van der Waals surface area (Å²) >= 11 is -2.35. The second-order valence-corrected chi connectivity index (χ2v) is 21.7. The van der Waals surface area contributed by atoms with Crippen LogP contribution in [-0.4, -0.2) is 18.3 Å². The number of nitrogens with zero attached hydrogens (tertiary/aromatic N) is 1. The molecule has 0 atom stereocenters. The van der Waals surface area contributed by atoms with Crippen LogP contribution in [0.4, 0.5) is 17.6 Å². The summed E-state index contributed by atoms with van der Waals surface area (Å²) in [5.41, 5.74) is 0.756. The van der Waals surface area contributed by atoms with Gasteiger partial charge < -0.3 is 0 Å². The van der Waals surface area contributed by atoms with E-state index in [4.69, 9.17) is 0 Å². The number of benzene rings is 3. The molecule has 1 nitrogen and oxygen atoms in total. The fourth-order valence-electron chi connectivity index (χ4n) is 4.34. The first kappa shape index (κ1) is 25.4. The Balaban J connectivity index is 1.96. The summed E-state index contributed by atoms with van der Waals surface area (Å²) in [5, 5.41) is 2.07. The molecule has 0 aliphatic rings. The number of aromatic nitrogens is 1. The third-order valence-corrected chi connectivity index (χ3v) is 10.6. The van der Waals surface area contributed by atoms with Gasteiger partial charge in [-0.1, -0.05) is 6.07 Å². The van der Waals surface area contributed by atoms with E-state index in [1.165, 1.54) is 18.2 Å². The Morgan fingerprint density at radius 1 is 0.771 bits per heavy atom. The molecule has 0 aliphatic carbocycles. The molecule has 4 aromatic rings. The summed E-state index contributed by atoms with van der Waals surface area (Å²) in [6.07, 6.45) is -3.83. The van der Waals surface area contributed by atoms with Crippen molar-refractivity contribution in [3.05, 3.63) is 83.8 Å². The zero-order chi connectivity index (χ0) is 25.8. The van der Waals surface area contributed by atoms with E-state index in [-0.39, 0.29) is 16.5 Å². The predicted molar refractivity (Wildman–Crippen MR) is 139 cm³/mol. The molecular formula is C29H29F4GeN. The van der Waals surface area contributed by atoms with Crippen molar-refractivity contribution in [3.63, 3.8) is 0 Å². The number of fused-ring (bicyclic) bond motifs is 1. The summed E-state index contributed by atoms with van der Waals surface area (Å²) in [6.45, 7) is 6.29. The standard InChI is InChI=1S/C29H29F4GeN/c1-28(2,3)24-14-19(13-18-9-7-8-10-21(18)24)27-16-23(25(17-35-27)29(31,32)33)22-12-11-20(15-26(22)30)34(4,5)6/h7-17H,1-6H3. The third-order valence-electron chi connectivity index (χ3n) is 6.30. The maximum atomic E-state index is 15.2. The van der Waals surface area contributed by atoms with Crippen molar-refractivity contribution >= 4 is 28.4 Å². The molecule has 0 aliphatic heterocycles. The Labute approximate surface area is 206 Å². The van der Waals surface area contributed by atoms with E-state index in [9.17, 15) is 13.2 Å². The van der Waals surface area contributed by atoms with Crippen molar-refractivity contribution in [1.29, 1.82) is 0 Å². The molecule has 1 heterocycles. The van der Waals surface area contributed by atoms with Gasteiger partial charge in [-0.2, -0.15) is 0 Å². The topological polar surface area (TPSA) is 12.9 Å². The molecule has 0 unspecified atom stereocenters. The van der Waals surface area contributed by atoms with Crippen LogP contribution in [0.15, 0.2) is 66.9 Å². The number of alkyl halides is 3. The van der Waals surface area contributed by atoms with E-state index < -0.39 is 30.8 Å². The van der Waals surface area contributed by atoms with Gasteiger partial charge in [0.2, 0.25) is 0 Å². The fourth-order valence-corrected chi connectivity index (χ4v) is 6.74. The molecule has 0 N–H and O–H groups in total. The van der Waals surface area contributed by atoms with Gasteiger partial charge in [0.25, 0.3) is 0 Å². The predicted octanol–water partition coefficient (Wildman–Crippen LogP) is 8.57. The van der Waals surface area contributed by atoms with Crippen LogP contribution >= 0.6 is 0 Å². The SMILES string of the molecule is CC(C)(C)c1cc(-c2cc(-c3cc[c]([Ge]([CH3])([CH3])[CH3])cc3F)c(C(F)(F)F)cn2)cc2ccccc12. The molecule has 0 fully saturated rings. The monoisotopic (exact) mass is 541 g/mol. The molecule has 0 radical (unpaired) electrons. The maximum absolute atomic E-state index is 15.2. The fraction of sp³-hybridized carbons (Fsp3) is 0.276. The quantitative estimate of drug-likeness (QED) is 0.188. The average Bonchev–Trinajstić information content (AvgIpc) is 2.76. The van der Waals surface area contributed by atoms with Crippen molar-refractivity contribution in [2.24, 2.45) is 0 Å². The summed E-state index contributed by atoms with van der Waals surface area (Å²) in [4.78, 5) is 4.18. The Morgan fingerprint density at radius 3 is 2.06 bits per heavy atom. The third kappa shape index (κ3) is 5.15. The normalized spacial score (nSPS) is 12.9. The second-order valence-electron chi connectivity index (χ2n) is 11.1. The van der Waals surface area contributed by atoms with Crippen LogP contribution in [0, 0.1) is 5.82 Å². The van der Waals surface area contributed by atoms with Crippen LogP contribution in [-0.2, 0) is 11.6 Å². The first-order valence-electron chi connectivity index (χ1n) is 11.6. The van der Waals surface area contributed by atoms with Crippen LogP contribution in [0.5, 0.6) is 0 Å². The van der Waals surface area contributed by atoms with Gasteiger partial charge in [-0.25, -0.2) is 0 Å². The summed E-state index contributed by atoms with van der Waals surface area (Å²) in [7, 11) is 0. The van der Waals surface area contributed by atoms with Gasteiger partial charge in [0.15, 0.2) is 0 Å². The van der Waals surface area contributed by atoms with E-state index in [1.807, 2.05) is 36.4 Å². The van der Waals surface area contributed by atoms with Crippen molar-refractivity contribution in [1.82, 2.24) is 4.98 Å². The van der Waals surface area contributed by atoms with Gasteiger partial charge in [-0.05, 0) is 0 Å². The van der Waals surface area contributed by atoms with Crippen LogP contribution in [0.25, 0.3) is 33.2 Å². The van der Waals surface area contributed by atoms with Crippen LogP contribution < -0.4 is 4.40 Å². The Morgan fingerprint density at radius 2 is 1.46 bits per heavy atom. The number of halogens is 4. The van der Waals surface area contributed by atoms with E-state index in [2.05, 4.69) is 43.0 Å². The van der Waals surface area contributed by atoms with Gasteiger partial charge in [0, 0.05) is 0 Å². The number of hydrogen-bond acceptors (Lipinski definition) is 1. The Bertz CT molecular complexity index is 1410. The molecule has 4 rings (SSSR count). The summed E-state index contributed by atoms with van der Waals surface area (Å²) in [5.74, 6) is 5.71. The molecule has 0 amide bonds. The molecule has 182 valence electrons. The molecule has 0 bridgehead atoms. The average molecular weight is 540 g/mol. The molecule has 0 saturated heterocycles. The van der Waals surface area contributed by atoms with E-state index >= 15 is 4.39 Å². The molecule has 35 heavy (non-hydrogen) atoms. The van der Waals surface area contributed by atoms with Crippen molar-refractivity contribution < 1.29 is 17.6 Å². The minimum atomic E-state index is -4.66. The Hall–Kier alpha value is -2.67. The number of rotatable bonds is 3. The molecule has 6 heteroatoms. The first-order valence-corrected chi connectivity index (χ1v) is 18.9. The van der Waals surface area contributed by atoms with Crippen LogP contribution in [0.1, 0.15) is 31.9 Å². The van der Waals surface area contributed by atoms with E-state index in [0.717, 1.165) is 26.9 Å². The minimum absolute atomic E-state index is 0.0618. The van der Waals surface area contributed by atoms with Crippen molar-refractivity contribution in [2.45, 2.75) is 49.6 Å². The second kappa shape index (κ2) is 8.77. The molecule has 0 saturated carbocycles. The van der Waals surface area contributed by atoms with Crippen LogP contribution in [0.3, 0.4) is 0 Å². The molecular weight excluding hydrogens is 511 g/mol. The van der Waals surface area contributed by atoms with Gasteiger partial charge in [-0.15, -0.1) is 0 Å². The molecule has 1 aromatic heterocycles. The summed E-state index contributed by atoms with van der Waals surface area (Å²) < 4.78 is 58.0. The zero-order valence-electron chi connectivity index (χ0n) is 20.8. The van der Waals surface area contributed by atoms with Crippen LogP contribution in [0.2, 0.25) is 17.3 Å². The first-order chi connectivity index (χ1) is 16.2. The molecule has 3 aromatic carbocycles.